The number of nitrogens with zero attached hydrogens (tertiary/aromatic N) is 3. The molecule has 0 aliphatic carbocycles. The van der Waals surface area contributed by atoms with E-state index in [0.717, 1.165) is 5.56 Å². The molecule has 4 heteroatoms. The summed E-state index contributed by atoms with van der Waals surface area (Å²) < 4.78 is 1.31. The van der Waals surface area contributed by atoms with Gasteiger partial charge < -0.3 is 5.11 Å². The van der Waals surface area contributed by atoms with Gasteiger partial charge >= 0.3 is 0 Å². The number of hydrogen-bond acceptors (Lipinski definition) is 3. The number of aromatic nitrogens is 3. The van der Waals surface area contributed by atoms with Crippen molar-refractivity contribution in [3.8, 4) is 22.8 Å². The molecule has 0 bridgehead atoms. The van der Waals surface area contributed by atoms with Crippen LogP contribution in [0.25, 0.3) is 16.9 Å². The lowest BCUT2D eigenvalue weighted by Gasteiger charge is -2.12. The van der Waals surface area contributed by atoms with Crippen LogP contribution in [0, 0.1) is 0 Å². The van der Waals surface area contributed by atoms with E-state index in [-0.39, 0.29) is 5.88 Å². The van der Waals surface area contributed by atoms with Gasteiger partial charge in [-0.25, -0.2) is 9.67 Å². The average molecular weight is 236 g/mol. The highest BCUT2D eigenvalue weighted by Gasteiger charge is 2.06. The van der Waals surface area contributed by atoms with Gasteiger partial charge in [-0.2, -0.15) is 5.10 Å². The zero-order valence-corrected chi connectivity index (χ0v) is 9.52. The van der Waals surface area contributed by atoms with Gasteiger partial charge in [0.25, 0.3) is 0 Å². The van der Waals surface area contributed by atoms with Crippen LogP contribution in [0.15, 0.2) is 60.9 Å². The Balaban J connectivity index is 2.09. The molecule has 0 spiro atoms. The zero-order valence-electron chi connectivity index (χ0n) is 9.52. The lowest BCUT2D eigenvalue weighted by Crippen LogP contribution is -2.05. The molecule has 0 radical (unpaired) electrons. The first-order chi connectivity index (χ1) is 8.86. The normalized spacial score (nSPS) is 10.4. The van der Waals surface area contributed by atoms with E-state index < -0.39 is 0 Å². The minimum Gasteiger partial charge on any atom is -0.858 e. The highest BCUT2D eigenvalue weighted by molar-refractivity contribution is 5.67. The fourth-order valence-corrected chi connectivity index (χ4v) is 1.80. The third-order valence-corrected chi connectivity index (χ3v) is 2.68. The second-order valence-corrected chi connectivity index (χ2v) is 3.83. The zero-order chi connectivity index (χ0) is 12.4. The maximum absolute atomic E-state index is 12.2. The van der Waals surface area contributed by atoms with Crippen molar-refractivity contribution < 1.29 is 5.11 Å². The first kappa shape index (κ1) is 10.5. The van der Waals surface area contributed by atoms with Crippen LogP contribution in [0.2, 0.25) is 0 Å². The smallest absolute Gasteiger partial charge is 0.152 e. The maximum Gasteiger partial charge on any atom is 0.152 e. The van der Waals surface area contributed by atoms with Gasteiger partial charge in [0.1, 0.15) is 0 Å². The van der Waals surface area contributed by atoms with Crippen molar-refractivity contribution in [2.24, 2.45) is 0 Å². The Labute approximate surface area is 104 Å². The summed E-state index contributed by atoms with van der Waals surface area (Å²) in [6.07, 6.45) is 3.21. The molecule has 2 aromatic heterocycles. The lowest BCUT2D eigenvalue weighted by atomic mass is 10.1. The third kappa shape index (κ3) is 1.73. The fourth-order valence-electron chi connectivity index (χ4n) is 1.80. The van der Waals surface area contributed by atoms with E-state index in [0.29, 0.717) is 11.4 Å². The van der Waals surface area contributed by atoms with Crippen LogP contribution in [0.1, 0.15) is 0 Å². The maximum atomic E-state index is 12.2. The van der Waals surface area contributed by atoms with E-state index in [4.69, 9.17) is 0 Å². The van der Waals surface area contributed by atoms with E-state index >= 15 is 0 Å². The Kier molecular flexibility index (Phi) is 2.53. The summed E-state index contributed by atoms with van der Waals surface area (Å²) in [6, 6.07) is 14.9. The Morgan fingerprint density at radius 3 is 2.44 bits per heavy atom. The van der Waals surface area contributed by atoms with Crippen molar-refractivity contribution in [2.75, 3.05) is 0 Å². The van der Waals surface area contributed by atoms with Crippen molar-refractivity contribution in [2.45, 2.75) is 0 Å². The van der Waals surface area contributed by atoms with Gasteiger partial charge in [0.2, 0.25) is 0 Å². The standard InChI is InChI=1S/C14H11N3O/c18-14-12(11-6-2-1-3-7-11)10-16-17(14)13-8-4-5-9-15-13/h1-10,18H/p-1. The number of hydrogen-bond donors (Lipinski definition) is 0. The van der Waals surface area contributed by atoms with Gasteiger partial charge in [0.15, 0.2) is 5.82 Å². The van der Waals surface area contributed by atoms with Crippen LogP contribution in [-0.4, -0.2) is 14.8 Å². The average Bonchev–Trinajstić information content (AvgIpc) is 2.83. The molecule has 0 fully saturated rings. The molecule has 18 heavy (non-hydrogen) atoms. The Morgan fingerprint density at radius 1 is 0.944 bits per heavy atom. The molecule has 1 aromatic carbocycles. The summed E-state index contributed by atoms with van der Waals surface area (Å²) in [5.74, 6) is 0.379. The quantitative estimate of drug-likeness (QED) is 0.684. The Hall–Kier alpha value is -2.62. The molecule has 0 saturated heterocycles. The number of benzene rings is 1. The monoisotopic (exact) mass is 236 g/mol. The molecule has 0 saturated carbocycles. The molecule has 0 unspecified atom stereocenters. The summed E-state index contributed by atoms with van der Waals surface area (Å²) in [7, 11) is 0. The SMILES string of the molecule is [O-]c1c(-c2ccccc2)cnn1-c1ccccn1. The largest absolute Gasteiger partial charge is 0.858 e. The van der Waals surface area contributed by atoms with E-state index in [1.54, 1.807) is 24.5 Å². The second-order valence-electron chi connectivity index (χ2n) is 3.83. The number of rotatable bonds is 2. The van der Waals surface area contributed by atoms with Gasteiger partial charge in [0, 0.05) is 17.6 Å². The predicted molar refractivity (Wildman–Crippen MR) is 66.2 cm³/mol. The van der Waals surface area contributed by atoms with E-state index in [1.165, 1.54) is 4.68 Å². The van der Waals surface area contributed by atoms with Crippen molar-refractivity contribution in [1.29, 1.82) is 0 Å². The van der Waals surface area contributed by atoms with Gasteiger partial charge in [-0.15, -0.1) is 0 Å². The van der Waals surface area contributed by atoms with Gasteiger partial charge in [0.05, 0.1) is 6.20 Å². The molecule has 0 N–H and O–H groups in total. The van der Waals surface area contributed by atoms with Crippen molar-refractivity contribution in [1.82, 2.24) is 14.8 Å². The van der Waals surface area contributed by atoms with Gasteiger partial charge in [-0.1, -0.05) is 36.4 Å². The van der Waals surface area contributed by atoms with Gasteiger partial charge in [-0.05, 0) is 17.7 Å². The van der Waals surface area contributed by atoms with Crippen LogP contribution in [0.4, 0.5) is 0 Å². The predicted octanol–water partition coefficient (Wildman–Crippen LogP) is 2.01. The van der Waals surface area contributed by atoms with E-state index in [9.17, 15) is 5.11 Å². The summed E-state index contributed by atoms with van der Waals surface area (Å²) >= 11 is 0. The molecule has 3 aromatic rings. The molecular formula is C14H10N3O-. The third-order valence-electron chi connectivity index (χ3n) is 2.68. The van der Waals surface area contributed by atoms with Crippen LogP contribution < -0.4 is 5.11 Å². The summed E-state index contributed by atoms with van der Waals surface area (Å²) in [5, 5.41) is 16.3. The molecule has 0 atom stereocenters. The Morgan fingerprint density at radius 2 is 1.72 bits per heavy atom. The van der Waals surface area contributed by atoms with E-state index in [1.807, 2.05) is 36.4 Å². The van der Waals surface area contributed by atoms with Crippen LogP contribution >= 0.6 is 0 Å². The molecular weight excluding hydrogens is 226 g/mol. The molecule has 3 rings (SSSR count). The minimum atomic E-state index is -0.153. The summed E-state index contributed by atoms with van der Waals surface area (Å²) in [5.41, 5.74) is 1.45. The minimum absolute atomic E-state index is 0.153. The lowest BCUT2D eigenvalue weighted by molar-refractivity contribution is -0.276. The van der Waals surface area contributed by atoms with Gasteiger partial charge in [-0.3, -0.25) is 0 Å². The van der Waals surface area contributed by atoms with Crippen molar-refractivity contribution in [3.05, 3.63) is 60.9 Å². The highest BCUT2D eigenvalue weighted by Crippen LogP contribution is 2.27. The Bertz CT molecular complexity index is 590. The van der Waals surface area contributed by atoms with E-state index in [2.05, 4.69) is 10.1 Å². The first-order valence-electron chi connectivity index (χ1n) is 5.58. The molecule has 88 valence electrons. The topological polar surface area (TPSA) is 53.8 Å². The van der Waals surface area contributed by atoms with Crippen LogP contribution in [-0.2, 0) is 0 Å². The van der Waals surface area contributed by atoms with Crippen molar-refractivity contribution >= 4 is 0 Å². The second kappa shape index (κ2) is 4.33. The molecule has 0 aliphatic rings. The van der Waals surface area contributed by atoms with Crippen LogP contribution in [0.3, 0.4) is 0 Å². The van der Waals surface area contributed by atoms with Crippen molar-refractivity contribution in [3.63, 3.8) is 0 Å². The number of pyridine rings is 1. The highest BCUT2D eigenvalue weighted by atomic mass is 16.3. The molecule has 2 heterocycles. The first-order valence-corrected chi connectivity index (χ1v) is 5.58. The molecule has 0 amide bonds. The summed E-state index contributed by atoms with van der Waals surface area (Å²) in [6.45, 7) is 0. The molecule has 4 nitrogen and oxygen atoms in total. The fraction of sp³-hybridized carbons (Fsp3) is 0. The van der Waals surface area contributed by atoms with Crippen LogP contribution in [0.5, 0.6) is 5.88 Å². The summed E-state index contributed by atoms with van der Waals surface area (Å²) in [4.78, 5) is 4.12. The molecule has 0 aliphatic heterocycles.